The van der Waals surface area contributed by atoms with Crippen molar-refractivity contribution < 1.29 is 0 Å². The molecule has 0 atom stereocenters. The summed E-state index contributed by atoms with van der Waals surface area (Å²) in [5.41, 5.74) is 2.43. The molecule has 0 saturated heterocycles. The van der Waals surface area contributed by atoms with Gasteiger partial charge in [0.05, 0.1) is 0 Å². The summed E-state index contributed by atoms with van der Waals surface area (Å²) in [5.74, 6) is 1.69. The SMILES string of the molecule is CCN(c1cc(Br)nc(C)n1)c1ccccc1C. The minimum absolute atomic E-state index is 0.770. The molecule has 4 heteroatoms. The molecule has 0 aliphatic carbocycles. The molecule has 18 heavy (non-hydrogen) atoms. The largest absolute Gasteiger partial charge is 0.326 e. The molecule has 3 nitrogen and oxygen atoms in total. The van der Waals surface area contributed by atoms with E-state index in [-0.39, 0.29) is 0 Å². The van der Waals surface area contributed by atoms with Crippen LogP contribution in [0.5, 0.6) is 0 Å². The first-order valence-corrected chi connectivity index (χ1v) is 6.75. The molecular weight excluding hydrogens is 290 g/mol. The summed E-state index contributed by atoms with van der Waals surface area (Å²) >= 11 is 3.42. The molecule has 0 unspecified atom stereocenters. The number of aromatic nitrogens is 2. The molecule has 0 amide bonds. The van der Waals surface area contributed by atoms with Gasteiger partial charge in [-0.15, -0.1) is 0 Å². The Bertz CT molecular complexity index is 534. The quantitative estimate of drug-likeness (QED) is 0.802. The lowest BCUT2D eigenvalue weighted by molar-refractivity contribution is 0.939. The van der Waals surface area contributed by atoms with Crippen molar-refractivity contribution in [2.75, 3.05) is 11.4 Å². The summed E-state index contributed by atoms with van der Waals surface area (Å²) < 4.78 is 0.817. The van der Waals surface area contributed by atoms with E-state index in [9.17, 15) is 0 Å². The van der Waals surface area contributed by atoms with E-state index in [4.69, 9.17) is 0 Å². The van der Waals surface area contributed by atoms with Crippen molar-refractivity contribution in [3.05, 3.63) is 46.3 Å². The first-order valence-electron chi connectivity index (χ1n) is 5.96. The van der Waals surface area contributed by atoms with Crippen LogP contribution in [0.2, 0.25) is 0 Å². The minimum Gasteiger partial charge on any atom is -0.326 e. The Balaban J connectivity index is 2.48. The van der Waals surface area contributed by atoms with Crippen molar-refractivity contribution in [3.63, 3.8) is 0 Å². The number of hydrogen-bond acceptors (Lipinski definition) is 3. The highest BCUT2D eigenvalue weighted by Crippen LogP contribution is 2.27. The Kier molecular flexibility index (Phi) is 3.97. The van der Waals surface area contributed by atoms with Gasteiger partial charge >= 0.3 is 0 Å². The van der Waals surface area contributed by atoms with E-state index in [1.165, 1.54) is 11.3 Å². The van der Waals surface area contributed by atoms with Crippen LogP contribution < -0.4 is 4.90 Å². The summed E-state index contributed by atoms with van der Waals surface area (Å²) in [6, 6.07) is 10.3. The van der Waals surface area contributed by atoms with Crippen LogP contribution in [-0.4, -0.2) is 16.5 Å². The number of halogens is 1. The fourth-order valence-corrected chi connectivity index (χ4v) is 2.44. The third-order valence-corrected chi connectivity index (χ3v) is 3.20. The molecule has 0 radical (unpaired) electrons. The molecule has 1 aromatic carbocycles. The molecule has 2 rings (SSSR count). The third kappa shape index (κ3) is 2.70. The van der Waals surface area contributed by atoms with Crippen LogP contribution in [0.1, 0.15) is 18.3 Å². The molecule has 0 aliphatic rings. The minimum atomic E-state index is 0.770. The fourth-order valence-electron chi connectivity index (χ4n) is 1.98. The second-order valence-corrected chi connectivity index (χ2v) is 4.94. The summed E-state index contributed by atoms with van der Waals surface area (Å²) in [6.45, 7) is 7.01. The third-order valence-electron chi connectivity index (χ3n) is 2.79. The zero-order valence-corrected chi connectivity index (χ0v) is 12.4. The summed E-state index contributed by atoms with van der Waals surface area (Å²) in [5, 5.41) is 0. The van der Waals surface area contributed by atoms with Gasteiger partial charge in [0, 0.05) is 18.3 Å². The first-order chi connectivity index (χ1) is 8.61. The van der Waals surface area contributed by atoms with Crippen LogP contribution in [0.15, 0.2) is 34.9 Å². The topological polar surface area (TPSA) is 29.0 Å². The fraction of sp³-hybridized carbons (Fsp3) is 0.286. The standard InChI is InChI=1S/C14H16BrN3/c1-4-18(12-8-6-5-7-10(12)2)14-9-13(15)16-11(3)17-14/h5-9H,4H2,1-3H3. The Morgan fingerprint density at radius 3 is 2.50 bits per heavy atom. The second-order valence-electron chi connectivity index (χ2n) is 4.13. The van der Waals surface area contributed by atoms with Crippen molar-refractivity contribution in [1.82, 2.24) is 9.97 Å². The molecule has 0 bridgehead atoms. The van der Waals surface area contributed by atoms with Gasteiger partial charge in [0.2, 0.25) is 0 Å². The van der Waals surface area contributed by atoms with E-state index in [2.05, 4.69) is 56.8 Å². The van der Waals surface area contributed by atoms with Crippen molar-refractivity contribution in [2.24, 2.45) is 0 Å². The highest BCUT2D eigenvalue weighted by atomic mass is 79.9. The predicted octanol–water partition coefficient (Wildman–Crippen LogP) is 4.01. The number of anilines is 2. The zero-order chi connectivity index (χ0) is 13.1. The van der Waals surface area contributed by atoms with Crippen LogP contribution in [0.4, 0.5) is 11.5 Å². The number of aryl methyl sites for hydroxylation is 2. The molecule has 0 aliphatic heterocycles. The Morgan fingerprint density at radius 2 is 1.89 bits per heavy atom. The Labute approximate surface area is 116 Å². The molecule has 1 aromatic heterocycles. The maximum absolute atomic E-state index is 4.51. The molecule has 94 valence electrons. The lowest BCUT2D eigenvalue weighted by Gasteiger charge is -2.24. The predicted molar refractivity (Wildman–Crippen MR) is 78.3 cm³/mol. The van der Waals surface area contributed by atoms with E-state index < -0.39 is 0 Å². The van der Waals surface area contributed by atoms with Gasteiger partial charge in [-0.2, -0.15) is 0 Å². The number of nitrogens with zero attached hydrogens (tertiary/aromatic N) is 3. The number of hydrogen-bond donors (Lipinski definition) is 0. The van der Waals surface area contributed by atoms with Gasteiger partial charge in [0.1, 0.15) is 16.2 Å². The van der Waals surface area contributed by atoms with Crippen LogP contribution in [0, 0.1) is 13.8 Å². The van der Waals surface area contributed by atoms with E-state index in [0.29, 0.717) is 0 Å². The van der Waals surface area contributed by atoms with E-state index in [0.717, 1.165) is 22.8 Å². The smallest absolute Gasteiger partial charge is 0.137 e. The van der Waals surface area contributed by atoms with Crippen molar-refractivity contribution >= 4 is 27.4 Å². The van der Waals surface area contributed by atoms with Gasteiger partial charge in [-0.25, -0.2) is 9.97 Å². The molecule has 2 aromatic rings. The molecule has 0 spiro atoms. The van der Waals surface area contributed by atoms with Gasteiger partial charge in [-0.3, -0.25) is 0 Å². The summed E-state index contributed by atoms with van der Waals surface area (Å²) in [7, 11) is 0. The van der Waals surface area contributed by atoms with E-state index in [1.54, 1.807) is 0 Å². The van der Waals surface area contributed by atoms with Gasteiger partial charge in [-0.1, -0.05) is 18.2 Å². The lowest BCUT2D eigenvalue weighted by atomic mass is 10.2. The van der Waals surface area contributed by atoms with Gasteiger partial charge < -0.3 is 4.90 Å². The van der Waals surface area contributed by atoms with Gasteiger partial charge in [0.25, 0.3) is 0 Å². The molecular formula is C14H16BrN3. The Morgan fingerprint density at radius 1 is 1.17 bits per heavy atom. The van der Waals surface area contributed by atoms with Crippen LogP contribution in [-0.2, 0) is 0 Å². The van der Waals surface area contributed by atoms with Crippen LogP contribution in [0.3, 0.4) is 0 Å². The second kappa shape index (κ2) is 5.48. The molecule has 1 heterocycles. The maximum Gasteiger partial charge on any atom is 0.137 e. The van der Waals surface area contributed by atoms with Crippen LogP contribution >= 0.6 is 15.9 Å². The first kappa shape index (κ1) is 13.0. The lowest BCUT2D eigenvalue weighted by Crippen LogP contribution is -2.19. The van der Waals surface area contributed by atoms with Crippen molar-refractivity contribution in [2.45, 2.75) is 20.8 Å². The average molecular weight is 306 g/mol. The summed E-state index contributed by atoms with van der Waals surface area (Å²) in [6.07, 6.45) is 0. The molecule has 0 fully saturated rings. The zero-order valence-electron chi connectivity index (χ0n) is 10.8. The number of para-hydroxylation sites is 1. The Hall–Kier alpha value is -1.42. The van der Waals surface area contributed by atoms with E-state index >= 15 is 0 Å². The normalized spacial score (nSPS) is 10.4. The average Bonchev–Trinajstić information content (AvgIpc) is 2.31. The van der Waals surface area contributed by atoms with Crippen molar-refractivity contribution in [3.8, 4) is 0 Å². The monoisotopic (exact) mass is 305 g/mol. The molecule has 0 saturated carbocycles. The maximum atomic E-state index is 4.51. The van der Waals surface area contributed by atoms with Crippen LogP contribution in [0.25, 0.3) is 0 Å². The number of benzene rings is 1. The number of rotatable bonds is 3. The highest BCUT2D eigenvalue weighted by molar-refractivity contribution is 9.10. The molecule has 0 N–H and O–H groups in total. The van der Waals surface area contributed by atoms with E-state index in [1.807, 2.05) is 25.1 Å². The summed E-state index contributed by atoms with van der Waals surface area (Å²) in [4.78, 5) is 10.9. The van der Waals surface area contributed by atoms with Crippen molar-refractivity contribution in [1.29, 1.82) is 0 Å². The van der Waals surface area contributed by atoms with Gasteiger partial charge in [-0.05, 0) is 48.3 Å². The highest BCUT2D eigenvalue weighted by Gasteiger charge is 2.12. The van der Waals surface area contributed by atoms with Gasteiger partial charge in [0.15, 0.2) is 0 Å².